The maximum absolute atomic E-state index is 12.5. The van der Waals surface area contributed by atoms with Crippen LogP contribution in [0.2, 0.25) is 0 Å². The van der Waals surface area contributed by atoms with Crippen molar-refractivity contribution in [3.8, 4) is 0 Å². The third-order valence-electron chi connectivity index (χ3n) is 4.26. The Kier molecular flexibility index (Phi) is 5.67. The minimum absolute atomic E-state index is 0. The van der Waals surface area contributed by atoms with Crippen LogP contribution in [0.1, 0.15) is 35.7 Å². The average Bonchev–Trinajstić information content (AvgIpc) is 2.47. The molecular weight excluding hydrogens is 338 g/mol. The quantitative estimate of drug-likeness (QED) is 0.745. The Morgan fingerprint density at radius 2 is 2.04 bits per heavy atom. The summed E-state index contributed by atoms with van der Waals surface area (Å²) < 4.78 is 27.8. The first-order chi connectivity index (χ1) is 10.5. The highest BCUT2D eigenvalue weighted by molar-refractivity contribution is 7.89. The number of carbonyl (C=O) groups is 1. The van der Waals surface area contributed by atoms with Crippen molar-refractivity contribution in [2.75, 3.05) is 13.1 Å². The van der Waals surface area contributed by atoms with Crippen LogP contribution in [-0.4, -0.2) is 39.5 Å². The molecule has 1 aromatic rings. The molecule has 3 rings (SSSR count). The lowest BCUT2D eigenvalue weighted by atomic mass is 10.0. The summed E-state index contributed by atoms with van der Waals surface area (Å²) in [6.07, 6.45) is 2.28. The molecule has 1 fully saturated rings. The summed E-state index contributed by atoms with van der Waals surface area (Å²) in [5.74, 6) is -0.200. The Labute approximate surface area is 142 Å². The second-order valence-corrected chi connectivity index (χ2v) is 7.74. The third kappa shape index (κ3) is 4.03. The van der Waals surface area contributed by atoms with Gasteiger partial charge in [0.05, 0.1) is 4.90 Å². The zero-order valence-corrected chi connectivity index (χ0v) is 14.6. The van der Waals surface area contributed by atoms with Gasteiger partial charge < -0.3 is 10.6 Å². The summed E-state index contributed by atoms with van der Waals surface area (Å²) in [6, 6.07) is 5.05. The fraction of sp³-hybridized carbons (Fsp3) is 0.533. The molecule has 2 atom stereocenters. The first kappa shape index (κ1) is 18.2. The van der Waals surface area contributed by atoms with E-state index in [-0.39, 0.29) is 29.3 Å². The normalized spacial score (nSPS) is 24.3. The number of nitrogens with one attached hydrogen (secondary N) is 3. The predicted octanol–water partition coefficient (Wildman–Crippen LogP) is 0.813. The van der Waals surface area contributed by atoms with Gasteiger partial charge in [0, 0.05) is 24.2 Å². The van der Waals surface area contributed by atoms with Crippen LogP contribution in [0.25, 0.3) is 0 Å². The second kappa shape index (κ2) is 7.17. The molecule has 1 aromatic carbocycles. The summed E-state index contributed by atoms with van der Waals surface area (Å²) in [4.78, 5) is 12.0. The van der Waals surface area contributed by atoms with E-state index in [1.807, 2.05) is 6.92 Å². The number of carbonyl (C=O) groups excluding carboxylic acids is 1. The van der Waals surface area contributed by atoms with Crippen molar-refractivity contribution >= 4 is 28.3 Å². The van der Waals surface area contributed by atoms with Gasteiger partial charge in [0.2, 0.25) is 10.0 Å². The van der Waals surface area contributed by atoms with E-state index >= 15 is 0 Å². The summed E-state index contributed by atoms with van der Waals surface area (Å²) in [7, 11) is -3.60. The Hall–Kier alpha value is -1.15. The van der Waals surface area contributed by atoms with E-state index in [1.54, 1.807) is 12.1 Å². The molecular formula is C15H22ClN3O3S. The van der Waals surface area contributed by atoms with E-state index in [4.69, 9.17) is 0 Å². The van der Waals surface area contributed by atoms with Crippen molar-refractivity contribution in [3.63, 3.8) is 0 Å². The van der Waals surface area contributed by atoms with E-state index in [1.165, 1.54) is 6.07 Å². The summed E-state index contributed by atoms with van der Waals surface area (Å²) in [5, 5.41) is 6.04. The Bertz CT molecular complexity index is 693. The first-order valence-corrected chi connectivity index (χ1v) is 9.11. The van der Waals surface area contributed by atoms with Crippen LogP contribution in [0.3, 0.4) is 0 Å². The fourth-order valence-electron chi connectivity index (χ4n) is 3.08. The van der Waals surface area contributed by atoms with Gasteiger partial charge in [0.15, 0.2) is 0 Å². The molecule has 6 nitrogen and oxygen atoms in total. The van der Waals surface area contributed by atoms with E-state index in [9.17, 15) is 13.2 Å². The molecule has 23 heavy (non-hydrogen) atoms. The number of halogens is 1. The lowest BCUT2D eigenvalue weighted by Crippen LogP contribution is -2.46. The smallest absolute Gasteiger partial charge is 0.251 e. The van der Waals surface area contributed by atoms with Gasteiger partial charge in [0.1, 0.15) is 0 Å². The molecule has 1 amide bonds. The molecule has 128 valence electrons. The van der Waals surface area contributed by atoms with E-state index in [0.29, 0.717) is 18.2 Å². The lowest BCUT2D eigenvalue weighted by Gasteiger charge is -2.28. The summed E-state index contributed by atoms with van der Waals surface area (Å²) in [6.45, 7) is 3.45. The maximum atomic E-state index is 12.5. The van der Waals surface area contributed by atoms with Crippen LogP contribution >= 0.6 is 12.4 Å². The Morgan fingerprint density at radius 1 is 1.26 bits per heavy atom. The number of hydrogen-bond acceptors (Lipinski definition) is 4. The van der Waals surface area contributed by atoms with E-state index in [2.05, 4.69) is 15.4 Å². The zero-order chi connectivity index (χ0) is 15.7. The van der Waals surface area contributed by atoms with Gasteiger partial charge >= 0.3 is 0 Å². The number of hydrogen-bond donors (Lipinski definition) is 3. The van der Waals surface area contributed by atoms with Gasteiger partial charge in [0.25, 0.3) is 5.91 Å². The molecule has 0 aliphatic carbocycles. The lowest BCUT2D eigenvalue weighted by molar-refractivity contribution is 0.0945. The Balaban J connectivity index is 0.00000192. The van der Waals surface area contributed by atoms with Gasteiger partial charge in [-0.2, -0.15) is 0 Å². The SMILES string of the molecule is CC1CC(NS(=O)(=O)c2ccc3c(c2)C(=O)NCC3)CCN1.Cl. The van der Waals surface area contributed by atoms with Crippen LogP contribution in [-0.2, 0) is 16.4 Å². The van der Waals surface area contributed by atoms with Gasteiger partial charge in [-0.15, -0.1) is 12.4 Å². The number of rotatable bonds is 3. The zero-order valence-electron chi connectivity index (χ0n) is 13.0. The molecule has 1 saturated heterocycles. The molecule has 8 heteroatoms. The van der Waals surface area contributed by atoms with Crippen LogP contribution in [0.5, 0.6) is 0 Å². The minimum Gasteiger partial charge on any atom is -0.352 e. The summed E-state index contributed by atoms with van der Waals surface area (Å²) in [5.41, 5.74) is 1.37. The fourth-order valence-corrected chi connectivity index (χ4v) is 4.39. The van der Waals surface area contributed by atoms with Crippen molar-refractivity contribution < 1.29 is 13.2 Å². The predicted molar refractivity (Wildman–Crippen MR) is 90.5 cm³/mol. The van der Waals surface area contributed by atoms with Gasteiger partial charge in [-0.25, -0.2) is 13.1 Å². The third-order valence-corrected chi connectivity index (χ3v) is 5.78. The monoisotopic (exact) mass is 359 g/mol. The first-order valence-electron chi connectivity index (χ1n) is 7.62. The molecule has 2 aliphatic rings. The van der Waals surface area contributed by atoms with Crippen LogP contribution in [0, 0.1) is 0 Å². The summed E-state index contributed by atoms with van der Waals surface area (Å²) >= 11 is 0. The highest BCUT2D eigenvalue weighted by Crippen LogP contribution is 2.20. The van der Waals surface area contributed by atoms with Crippen molar-refractivity contribution in [2.45, 2.75) is 43.2 Å². The molecule has 0 bridgehead atoms. The number of sulfonamides is 1. The molecule has 0 spiro atoms. The van der Waals surface area contributed by atoms with Gasteiger partial charge in [-0.3, -0.25) is 4.79 Å². The van der Waals surface area contributed by atoms with Crippen LogP contribution < -0.4 is 15.4 Å². The minimum atomic E-state index is -3.60. The molecule has 2 heterocycles. The van der Waals surface area contributed by atoms with Gasteiger partial charge in [-0.1, -0.05) is 6.07 Å². The topological polar surface area (TPSA) is 87.3 Å². The van der Waals surface area contributed by atoms with Crippen LogP contribution in [0.15, 0.2) is 23.1 Å². The molecule has 0 saturated carbocycles. The van der Waals surface area contributed by atoms with E-state index in [0.717, 1.165) is 31.4 Å². The second-order valence-electron chi connectivity index (χ2n) is 6.02. The number of fused-ring (bicyclic) bond motifs is 1. The number of amides is 1. The molecule has 3 N–H and O–H groups in total. The Morgan fingerprint density at radius 3 is 2.78 bits per heavy atom. The molecule has 2 unspecified atom stereocenters. The molecule has 0 aromatic heterocycles. The number of piperidine rings is 1. The molecule has 2 aliphatic heterocycles. The van der Waals surface area contributed by atoms with Crippen molar-refractivity contribution in [3.05, 3.63) is 29.3 Å². The van der Waals surface area contributed by atoms with E-state index < -0.39 is 10.0 Å². The highest BCUT2D eigenvalue weighted by atomic mass is 35.5. The largest absolute Gasteiger partial charge is 0.352 e. The highest BCUT2D eigenvalue weighted by Gasteiger charge is 2.26. The molecule has 0 radical (unpaired) electrons. The maximum Gasteiger partial charge on any atom is 0.251 e. The van der Waals surface area contributed by atoms with Crippen molar-refractivity contribution in [2.24, 2.45) is 0 Å². The average molecular weight is 360 g/mol. The van der Waals surface area contributed by atoms with Crippen molar-refractivity contribution in [1.29, 1.82) is 0 Å². The van der Waals surface area contributed by atoms with Crippen molar-refractivity contribution in [1.82, 2.24) is 15.4 Å². The van der Waals surface area contributed by atoms with Gasteiger partial charge in [-0.05, 0) is 50.4 Å². The standard InChI is InChI=1S/C15H21N3O3S.ClH/c1-10-8-12(5-7-16-10)18-22(20,21)13-3-2-11-4-6-17-15(19)14(11)9-13;/h2-3,9-10,12,16,18H,4-8H2,1H3,(H,17,19);1H. The van der Waals surface area contributed by atoms with Crippen LogP contribution in [0.4, 0.5) is 0 Å². The number of benzene rings is 1.